The third kappa shape index (κ3) is 5.92. The minimum Gasteiger partial charge on any atom is -0.494 e. The van der Waals surface area contributed by atoms with E-state index >= 15 is 0 Å². The maximum atomic E-state index is 14.6. The van der Waals surface area contributed by atoms with Gasteiger partial charge in [-0.2, -0.15) is 4.39 Å². The average Bonchev–Trinajstić information content (AvgIpc) is 3.34. The minimum atomic E-state index is -1.14. The number of anilines is 1. The molecular weight excluding hydrogens is 548 g/mol. The summed E-state index contributed by atoms with van der Waals surface area (Å²) < 4.78 is 39.9. The van der Waals surface area contributed by atoms with E-state index in [2.05, 4.69) is 10.3 Å². The van der Waals surface area contributed by atoms with Crippen molar-refractivity contribution >= 4 is 35.0 Å². The van der Waals surface area contributed by atoms with E-state index in [0.29, 0.717) is 44.9 Å². The van der Waals surface area contributed by atoms with Crippen LogP contribution in [0.2, 0.25) is 5.02 Å². The highest BCUT2D eigenvalue weighted by Crippen LogP contribution is 2.30. The van der Waals surface area contributed by atoms with Gasteiger partial charge in [0.1, 0.15) is 0 Å². The molecule has 3 amide bonds. The third-order valence-electron chi connectivity index (χ3n) is 6.63. The van der Waals surface area contributed by atoms with Gasteiger partial charge in [-0.1, -0.05) is 11.6 Å². The molecule has 2 aromatic carbocycles. The highest BCUT2D eigenvalue weighted by Gasteiger charge is 2.26. The predicted molar refractivity (Wildman–Crippen MR) is 143 cm³/mol. The molecule has 1 aliphatic heterocycles. The van der Waals surface area contributed by atoms with E-state index < -0.39 is 17.5 Å². The highest BCUT2D eigenvalue weighted by atomic mass is 35.5. The van der Waals surface area contributed by atoms with Crippen LogP contribution in [-0.4, -0.2) is 84.1 Å². The zero-order valence-electron chi connectivity index (χ0n) is 22.2. The Morgan fingerprint density at radius 1 is 1.02 bits per heavy atom. The average molecular weight is 576 g/mol. The number of aromatic nitrogens is 2. The van der Waals surface area contributed by atoms with Crippen molar-refractivity contribution in [1.82, 2.24) is 19.4 Å². The summed E-state index contributed by atoms with van der Waals surface area (Å²) >= 11 is 6.40. The van der Waals surface area contributed by atoms with Crippen molar-refractivity contribution < 1.29 is 32.6 Å². The number of nitrogens with zero attached hydrogens (tertiary/aromatic N) is 4. The molecule has 0 unspecified atom stereocenters. The maximum absolute atomic E-state index is 14.6. The Morgan fingerprint density at radius 2 is 1.73 bits per heavy atom. The lowest BCUT2D eigenvalue weighted by Gasteiger charge is -2.35. The molecule has 1 aliphatic rings. The molecule has 1 aromatic heterocycles. The smallest absolute Gasteiger partial charge is 0.291 e. The van der Waals surface area contributed by atoms with Crippen LogP contribution in [0.1, 0.15) is 27.4 Å². The number of carbonyl (C=O) groups excluding carboxylic acids is 3. The summed E-state index contributed by atoms with van der Waals surface area (Å²) in [5.41, 5.74) is 0.670. The second kappa shape index (κ2) is 12.4. The standard InChI is InChI=1S/C27H28ClF2N5O5/c1-33-20(18-6-7-21(40-3)24(30)23(18)29)15-31-25(33)26(37)32-16-4-5-17(19(28)14-16)27(38)35-11-9-34(10-12-35)22(36)8-13-39-2/h4-7,14-15H,8-13H2,1-3H3,(H,32,37). The SMILES string of the molecule is COCCC(=O)N1CCN(C(=O)c2ccc(NC(=O)c3ncc(-c4ccc(OC)c(F)c4F)n3C)cc2Cl)CC1. The summed E-state index contributed by atoms with van der Waals surface area (Å²) in [6.45, 7) is 1.91. The van der Waals surface area contributed by atoms with Crippen LogP contribution in [-0.2, 0) is 16.6 Å². The first-order valence-corrected chi connectivity index (χ1v) is 12.7. The third-order valence-corrected chi connectivity index (χ3v) is 6.94. The van der Waals surface area contributed by atoms with E-state index in [4.69, 9.17) is 21.1 Å². The number of hydrogen-bond donors (Lipinski definition) is 1. The van der Waals surface area contributed by atoms with Crippen LogP contribution in [0.3, 0.4) is 0 Å². The minimum absolute atomic E-state index is 0.0202. The van der Waals surface area contributed by atoms with Gasteiger partial charge in [0.05, 0.1) is 42.6 Å². The lowest BCUT2D eigenvalue weighted by atomic mass is 10.1. The topological polar surface area (TPSA) is 106 Å². The number of hydrogen-bond acceptors (Lipinski definition) is 6. The molecule has 0 radical (unpaired) electrons. The molecule has 2 heterocycles. The van der Waals surface area contributed by atoms with Crippen molar-refractivity contribution in [3.8, 4) is 17.0 Å². The molecule has 0 bridgehead atoms. The molecule has 0 spiro atoms. The zero-order valence-corrected chi connectivity index (χ0v) is 22.9. The van der Waals surface area contributed by atoms with Crippen LogP contribution in [0.25, 0.3) is 11.3 Å². The summed E-state index contributed by atoms with van der Waals surface area (Å²) in [5.74, 6) is -3.49. The highest BCUT2D eigenvalue weighted by molar-refractivity contribution is 6.34. The van der Waals surface area contributed by atoms with Crippen molar-refractivity contribution in [2.75, 3.05) is 52.3 Å². The molecule has 40 heavy (non-hydrogen) atoms. The number of methoxy groups -OCH3 is 2. The van der Waals surface area contributed by atoms with Crippen molar-refractivity contribution in [3.05, 3.63) is 64.6 Å². The largest absolute Gasteiger partial charge is 0.494 e. The molecule has 0 aliphatic carbocycles. The van der Waals surface area contributed by atoms with Crippen LogP contribution < -0.4 is 10.1 Å². The number of benzene rings is 2. The number of rotatable bonds is 8. The molecule has 10 nitrogen and oxygen atoms in total. The van der Waals surface area contributed by atoms with Crippen LogP contribution in [0.4, 0.5) is 14.5 Å². The molecule has 3 aromatic rings. The Labute approximate surface area is 234 Å². The monoisotopic (exact) mass is 575 g/mol. The molecule has 212 valence electrons. The first-order valence-electron chi connectivity index (χ1n) is 12.4. The van der Waals surface area contributed by atoms with Crippen molar-refractivity contribution in [1.29, 1.82) is 0 Å². The van der Waals surface area contributed by atoms with Gasteiger partial charge in [-0.15, -0.1) is 0 Å². The first kappa shape index (κ1) is 29.0. The van der Waals surface area contributed by atoms with E-state index in [1.807, 2.05) is 0 Å². The Bertz CT molecular complexity index is 1440. The predicted octanol–water partition coefficient (Wildman–Crippen LogP) is 3.60. The van der Waals surface area contributed by atoms with Crippen LogP contribution in [0.15, 0.2) is 36.5 Å². The molecule has 13 heteroatoms. The molecule has 1 saturated heterocycles. The summed E-state index contributed by atoms with van der Waals surface area (Å²) in [6, 6.07) is 7.11. The number of imidazole rings is 1. The van der Waals surface area contributed by atoms with Gasteiger partial charge < -0.3 is 29.2 Å². The van der Waals surface area contributed by atoms with Gasteiger partial charge in [-0.05, 0) is 30.3 Å². The fraction of sp³-hybridized carbons (Fsp3) is 0.333. The van der Waals surface area contributed by atoms with Gasteiger partial charge in [-0.3, -0.25) is 14.4 Å². The fourth-order valence-corrected chi connectivity index (χ4v) is 4.65. The van der Waals surface area contributed by atoms with Crippen molar-refractivity contribution in [2.45, 2.75) is 6.42 Å². The Morgan fingerprint density at radius 3 is 2.38 bits per heavy atom. The van der Waals surface area contributed by atoms with Gasteiger partial charge in [0, 0.05) is 51.6 Å². The van der Waals surface area contributed by atoms with E-state index in [1.165, 1.54) is 62.4 Å². The number of piperazine rings is 1. The Hall–Kier alpha value is -4.03. The number of nitrogens with one attached hydrogen (secondary N) is 1. The molecular formula is C27H28ClF2N5O5. The summed E-state index contributed by atoms with van der Waals surface area (Å²) in [6.07, 6.45) is 1.55. The number of carbonyl (C=O) groups is 3. The van der Waals surface area contributed by atoms with Crippen LogP contribution >= 0.6 is 11.6 Å². The van der Waals surface area contributed by atoms with Gasteiger partial charge in [0.25, 0.3) is 11.8 Å². The molecule has 1 fully saturated rings. The molecule has 0 saturated carbocycles. The van der Waals surface area contributed by atoms with E-state index in [-0.39, 0.29) is 45.2 Å². The van der Waals surface area contributed by atoms with Crippen LogP contribution in [0, 0.1) is 11.6 Å². The summed E-state index contributed by atoms with van der Waals surface area (Å²) in [4.78, 5) is 45.5. The van der Waals surface area contributed by atoms with Gasteiger partial charge in [-0.25, -0.2) is 9.37 Å². The molecule has 0 atom stereocenters. The molecule has 1 N–H and O–H groups in total. The first-order chi connectivity index (χ1) is 19.2. The second-order valence-corrected chi connectivity index (χ2v) is 9.44. The number of halogens is 3. The Balaban J connectivity index is 1.42. The van der Waals surface area contributed by atoms with Gasteiger partial charge >= 0.3 is 0 Å². The van der Waals surface area contributed by atoms with E-state index in [0.717, 1.165) is 0 Å². The summed E-state index contributed by atoms with van der Waals surface area (Å²) in [5, 5.41) is 2.79. The fourth-order valence-electron chi connectivity index (χ4n) is 4.39. The lowest BCUT2D eigenvalue weighted by molar-refractivity contribution is -0.133. The maximum Gasteiger partial charge on any atom is 0.291 e. The second-order valence-electron chi connectivity index (χ2n) is 9.03. The summed E-state index contributed by atoms with van der Waals surface area (Å²) in [7, 11) is 4.27. The normalized spacial score (nSPS) is 13.3. The molecule has 4 rings (SSSR count). The quantitative estimate of drug-likeness (QED) is 0.440. The van der Waals surface area contributed by atoms with Gasteiger partial charge in [0.2, 0.25) is 11.7 Å². The van der Waals surface area contributed by atoms with E-state index in [9.17, 15) is 23.2 Å². The van der Waals surface area contributed by atoms with Crippen molar-refractivity contribution in [2.24, 2.45) is 7.05 Å². The zero-order chi connectivity index (χ0) is 29.0. The van der Waals surface area contributed by atoms with Crippen molar-refractivity contribution in [3.63, 3.8) is 0 Å². The number of amides is 3. The van der Waals surface area contributed by atoms with Crippen LogP contribution in [0.5, 0.6) is 5.75 Å². The number of ether oxygens (including phenoxy) is 2. The van der Waals surface area contributed by atoms with E-state index in [1.54, 1.807) is 9.80 Å². The Kier molecular flexibility index (Phi) is 9.00. The lowest BCUT2D eigenvalue weighted by Crippen LogP contribution is -2.50. The van der Waals surface area contributed by atoms with Gasteiger partial charge in [0.15, 0.2) is 17.4 Å².